The fourth-order valence-corrected chi connectivity index (χ4v) is 1.94. The fraction of sp³-hybridized carbons (Fsp3) is 0.100. The van der Waals surface area contributed by atoms with Crippen LogP contribution in [0.5, 0.6) is 0 Å². The lowest BCUT2D eigenvalue weighted by atomic mass is 10.2. The van der Waals surface area contributed by atoms with Crippen molar-refractivity contribution in [3.05, 3.63) is 28.4 Å². The third-order valence-electron chi connectivity index (χ3n) is 2.23. The Balaban J connectivity index is 2.70. The van der Waals surface area contributed by atoms with Crippen molar-refractivity contribution < 1.29 is 14.7 Å². The molecule has 2 aromatic rings. The summed E-state index contributed by atoms with van der Waals surface area (Å²) >= 11 is 3.27. The fourth-order valence-electron chi connectivity index (χ4n) is 1.58. The van der Waals surface area contributed by atoms with E-state index in [0.717, 1.165) is 4.47 Å². The number of nitrogens with two attached hydrogens (primary N) is 1. The van der Waals surface area contributed by atoms with Crippen LogP contribution in [0.1, 0.15) is 10.5 Å². The second kappa shape index (κ2) is 4.17. The average Bonchev–Trinajstić information content (AvgIpc) is 2.55. The first-order valence-electron chi connectivity index (χ1n) is 4.66. The van der Waals surface area contributed by atoms with Gasteiger partial charge < -0.3 is 10.8 Å². The van der Waals surface area contributed by atoms with E-state index in [1.165, 1.54) is 4.68 Å². The molecule has 1 aromatic carbocycles. The highest BCUT2D eigenvalue weighted by molar-refractivity contribution is 9.10. The van der Waals surface area contributed by atoms with Gasteiger partial charge in [0.15, 0.2) is 5.69 Å². The molecule has 6 nitrogen and oxygen atoms in total. The van der Waals surface area contributed by atoms with Gasteiger partial charge in [-0.25, -0.2) is 0 Å². The van der Waals surface area contributed by atoms with Crippen molar-refractivity contribution in [3.8, 4) is 0 Å². The van der Waals surface area contributed by atoms with Gasteiger partial charge in [-0.15, -0.1) is 0 Å². The van der Waals surface area contributed by atoms with Gasteiger partial charge in [-0.2, -0.15) is 5.10 Å². The molecule has 1 amide bonds. The topological polar surface area (TPSA) is 98.2 Å². The average molecular weight is 298 g/mol. The molecule has 0 saturated heterocycles. The van der Waals surface area contributed by atoms with Crippen molar-refractivity contribution in [3.63, 3.8) is 0 Å². The van der Waals surface area contributed by atoms with Crippen LogP contribution in [0.3, 0.4) is 0 Å². The van der Waals surface area contributed by atoms with Gasteiger partial charge in [0, 0.05) is 9.86 Å². The number of nitrogens with zero attached hydrogens (tertiary/aromatic N) is 2. The number of fused-ring (bicyclic) bond motifs is 1. The molecule has 1 heterocycles. The number of amides is 1. The summed E-state index contributed by atoms with van der Waals surface area (Å²) < 4.78 is 2.01. The summed E-state index contributed by atoms with van der Waals surface area (Å²) in [7, 11) is 0. The van der Waals surface area contributed by atoms with Gasteiger partial charge in [0.1, 0.15) is 6.54 Å². The van der Waals surface area contributed by atoms with Crippen molar-refractivity contribution >= 4 is 38.7 Å². The van der Waals surface area contributed by atoms with Crippen LogP contribution in [0.15, 0.2) is 22.7 Å². The SMILES string of the molecule is NC(=O)c1nn(CC(=O)O)c2ccc(Br)cc12. The Morgan fingerprint density at radius 2 is 2.18 bits per heavy atom. The van der Waals surface area contributed by atoms with Crippen LogP contribution < -0.4 is 5.73 Å². The van der Waals surface area contributed by atoms with E-state index in [9.17, 15) is 9.59 Å². The van der Waals surface area contributed by atoms with E-state index in [-0.39, 0.29) is 12.2 Å². The number of carbonyl (C=O) groups excluding carboxylic acids is 1. The lowest BCUT2D eigenvalue weighted by Crippen LogP contribution is -2.14. The molecule has 0 unspecified atom stereocenters. The Morgan fingerprint density at radius 3 is 2.76 bits per heavy atom. The lowest BCUT2D eigenvalue weighted by molar-refractivity contribution is -0.137. The molecular weight excluding hydrogens is 290 g/mol. The van der Waals surface area contributed by atoms with Crippen molar-refractivity contribution in [1.29, 1.82) is 0 Å². The van der Waals surface area contributed by atoms with Crippen molar-refractivity contribution in [2.45, 2.75) is 6.54 Å². The number of aliphatic carboxylic acids is 1. The number of benzene rings is 1. The van der Waals surface area contributed by atoms with Gasteiger partial charge in [0.05, 0.1) is 5.52 Å². The maximum absolute atomic E-state index is 11.2. The zero-order valence-electron chi connectivity index (χ0n) is 8.55. The highest BCUT2D eigenvalue weighted by atomic mass is 79.9. The van der Waals surface area contributed by atoms with Crippen molar-refractivity contribution in [2.24, 2.45) is 5.73 Å². The molecule has 7 heteroatoms. The Bertz CT molecular complexity index is 621. The molecule has 0 fully saturated rings. The first kappa shape index (κ1) is 11.6. The van der Waals surface area contributed by atoms with Crippen molar-refractivity contribution in [2.75, 3.05) is 0 Å². The molecule has 2 rings (SSSR count). The quantitative estimate of drug-likeness (QED) is 0.882. The first-order chi connectivity index (χ1) is 7.99. The molecule has 0 radical (unpaired) electrons. The van der Waals surface area contributed by atoms with Crippen LogP contribution >= 0.6 is 15.9 Å². The summed E-state index contributed by atoms with van der Waals surface area (Å²) in [5.41, 5.74) is 5.83. The summed E-state index contributed by atoms with van der Waals surface area (Å²) in [6.45, 7) is -0.314. The van der Waals surface area contributed by atoms with Gasteiger partial charge in [0.25, 0.3) is 5.91 Å². The summed E-state index contributed by atoms with van der Waals surface area (Å²) in [6, 6.07) is 5.11. The number of aromatic nitrogens is 2. The van der Waals surface area contributed by atoms with Crippen LogP contribution in [0.4, 0.5) is 0 Å². The number of carboxylic acid groups (broad SMARTS) is 1. The van der Waals surface area contributed by atoms with Crippen molar-refractivity contribution in [1.82, 2.24) is 9.78 Å². The summed E-state index contributed by atoms with van der Waals surface area (Å²) in [5, 5.41) is 13.2. The number of halogens is 1. The van der Waals surface area contributed by atoms with Gasteiger partial charge in [-0.1, -0.05) is 15.9 Å². The highest BCUT2D eigenvalue weighted by Gasteiger charge is 2.16. The Kier molecular flexibility index (Phi) is 2.84. The van der Waals surface area contributed by atoms with E-state index in [0.29, 0.717) is 10.9 Å². The molecule has 3 N–H and O–H groups in total. The number of carboxylic acids is 1. The molecule has 88 valence electrons. The molecule has 0 aliphatic carbocycles. The number of hydrogen-bond acceptors (Lipinski definition) is 3. The lowest BCUT2D eigenvalue weighted by Gasteiger charge is -1.98. The van der Waals surface area contributed by atoms with Crippen LogP contribution in [0.25, 0.3) is 10.9 Å². The Labute approximate surface area is 104 Å². The van der Waals surface area contributed by atoms with E-state index < -0.39 is 11.9 Å². The minimum absolute atomic E-state index is 0.0718. The minimum atomic E-state index is -1.03. The van der Waals surface area contributed by atoms with Gasteiger partial charge in [0.2, 0.25) is 0 Å². The van der Waals surface area contributed by atoms with E-state index in [4.69, 9.17) is 10.8 Å². The van der Waals surface area contributed by atoms with Crippen LogP contribution in [0, 0.1) is 0 Å². The third kappa shape index (κ3) is 2.14. The zero-order valence-corrected chi connectivity index (χ0v) is 10.1. The standard InChI is InChI=1S/C10H8BrN3O3/c11-5-1-2-7-6(3-5)9(10(12)17)13-14(7)4-8(15)16/h1-3H,4H2,(H2,12,17)(H,15,16). The minimum Gasteiger partial charge on any atom is -0.480 e. The second-order valence-electron chi connectivity index (χ2n) is 3.43. The van der Waals surface area contributed by atoms with E-state index in [2.05, 4.69) is 21.0 Å². The largest absolute Gasteiger partial charge is 0.480 e. The van der Waals surface area contributed by atoms with Gasteiger partial charge in [-0.3, -0.25) is 14.3 Å². The van der Waals surface area contributed by atoms with E-state index >= 15 is 0 Å². The normalized spacial score (nSPS) is 10.6. The third-order valence-corrected chi connectivity index (χ3v) is 2.72. The number of hydrogen-bond donors (Lipinski definition) is 2. The molecule has 0 atom stereocenters. The van der Waals surface area contributed by atoms with Gasteiger partial charge >= 0.3 is 5.97 Å². The number of primary amides is 1. The summed E-state index contributed by atoms with van der Waals surface area (Å²) in [6.07, 6.45) is 0. The van der Waals surface area contributed by atoms with Gasteiger partial charge in [-0.05, 0) is 18.2 Å². The Morgan fingerprint density at radius 1 is 1.47 bits per heavy atom. The Hall–Kier alpha value is -1.89. The molecule has 17 heavy (non-hydrogen) atoms. The maximum atomic E-state index is 11.2. The van der Waals surface area contributed by atoms with Crippen LogP contribution in [-0.2, 0) is 11.3 Å². The van der Waals surface area contributed by atoms with E-state index in [1.807, 2.05) is 0 Å². The first-order valence-corrected chi connectivity index (χ1v) is 5.46. The van der Waals surface area contributed by atoms with E-state index in [1.54, 1.807) is 18.2 Å². The molecule has 0 bridgehead atoms. The number of rotatable bonds is 3. The maximum Gasteiger partial charge on any atom is 0.325 e. The summed E-state index contributed by atoms with van der Waals surface area (Å²) in [4.78, 5) is 21.9. The predicted molar refractivity (Wildman–Crippen MR) is 63.6 cm³/mol. The number of carbonyl (C=O) groups is 2. The monoisotopic (exact) mass is 297 g/mol. The summed E-state index contributed by atoms with van der Waals surface area (Å²) in [5.74, 6) is -1.72. The smallest absolute Gasteiger partial charge is 0.325 e. The molecule has 0 aliphatic heterocycles. The molecule has 0 spiro atoms. The van der Waals surface area contributed by atoms with Crippen LogP contribution in [-0.4, -0.2) is 26.8 Å². The zero-order chi connectivity index (χ0) is 12.6. The van der Waals surface area contributed by atoms with Crippen LogP contribution in [0.2, 0.25) is 0 Å². The molecule has 0 aliphatic rings. The second-order valence-corrected chi connectivity index (χ2v) is 4.34. The molecule has 0 saturated carbocycles. The molecular formula is C10H8BrN3O3. The highest BCUT2D eigenvalue weighted by Crippen LogP contribution is 2.22. The predicted octanol–water partition coefficient (Wildman–Crippen LogP) is 0.982. The molecule has 1 aromatic heterocycles.